The first kappa shape index (κ1) is 25.3. The van der Waals surface area contributed by atoms with Gasteiger partial charge in [0.05, 0.1) is 28.7 Å². The molecule has 0 saturated heterocycles. The maximum atomic E-state index is 12.0. The van der Waals surface area contributed by atoms with E-state index in [0.717, 1.165) is 18.2 Å². The third kappa shape index (κ3) is 6.38. The van der Waals surface area contributed by atoms with Gasteiger partial charge in [-0.3, -0.25) is 29.8 Å². The summed E-state index contributed by atoms with van der Waals surface area (Å²) in [4.78, 5) is 44.7. The average molecular weight is 493 g/mol. The van der Waals surface area contributed by atoms with Crippen molar-refractivity contribution >= 4 is 34.6 Å². The maximum absolute atomic E-state index is 12.0. The number of anilines is 1. The van der Waals surface area contributed by atoms with Gasteiger partial charge in [0.15, 0.2) is 0 Å². The molecule has 0 aromatic heterocycles. The van der Waals surface area contributed by atoms with Crippen LogP contribution in [0.5, 0.6) is 17.2 Å². The van der Waals surface area contributed by atoms with Crippen LogP contribution in [0.4, 0.5) is 17.1 Å². The molecule has 0 bridgehead atoms. The van der Waals surface area contributed by atoms with Crippen molar-refractivity contribution in [2.45, 2.75) is 6.92 Å². The van der Waals surface area contributed by atoms with Crippen molar-refractivity contribution < 1.29 is 28.9 Å². The summed E-state index contributed by atoms with van der Waals surface area (Å²) < 4.78 is 10.5. The highest BCUT2D eigenvalue weighted by atomic mass is 16.6. The molecule has 0 aliphatic carbocycles. The fourth-order valence-corrected chi connectivity index (χ4v) is 2.85. The van der Waals surface area contributed by atoms with Crippen LogP contribution in [0, 0.1) is 20.2 Å². The van der Waals surface area contributed by atoms with Gasteiger partial charge < -0.3 is 14.8 Å². The highest BCUT2D eigenvalue weighted by molar-refractivity contribution is 6.39. The summed E-state index contributed by atoms with van der Waals surface area (Å²) in [6.07, 6.45) is 0. The van der Waals surface area contributed by atoms with Gasteiger partial charge in [-0.2, -0.15) is 5.10 Å². The van der Waals surface area contributed by atoms with Gasteiger partial charge in [0.2, 0.25) is 5.75 Å². The lowest BCUT2D eigenvalue weighted by Gasteiger charge is -2.08. The molecule has 0 atom stereocenters. The Bertz CT molecular complexity index is 1340. The van der Waals surface area contributed by atoms with Crippen LogP contribution in [0.3, 0.4) is 0 Å². The molecule has 2 N–H and O–H groups in total. The Kier molecular flexibility index (Phi) is 7.87. The number of nitro benzene ring substituents is 2. The molecule has 3 rings (SSSR count). The molecule has 0 aliphatic heterocycles. The zero-order valence-corrected chi connectivity index (χ0v) is 19.0. The predicted molar refractivity (Wildman–Crippen MR) is 128 cm³/mol. The fraction of sp³-hybridized carbons (Fsp3) is 0.0870. The van der Waals surface area contributed by atoms with Gasteiger partial charge in [0, 0.05) is 11.8 Å². The number of carbonyl (C=O) groups is 2. The summed E-state index contributed by atoms with van der Waals surface area (Å²) in [7, 11) is 1.51. The summed E-state index contributed by atoms with van der Waals surface area (Å²) in [5.74, 6) is -1.23. The minimum absolute atomic E-state index is 0.168. The molecule has 3 aromatic rings. The van der Waals surface area contributed by atoms with Gasteiger partial charge in [0.25, 0.3) is 5.69 Å². The number of nitro groups is 2. The number of non-ortho nitro benzene ring substituents is 1. The molecule has 0 aliphatic rings. The largest absolute Gasteiger partial charge is 0.497 e. The Balaban J connectivity index is 1.63. The standard InChI is InChI=1S/C23H19N5O8/c1-14(25-26-23(30)22(29)24-16-5-10-18(35-2)11-6-16)15-3-8-19(9-4-15)36-21-12-7-17(27(31)32)13-20(21)28(33)34/h3-13H,1-2H3,(H,24,29)(H,26,30)/b25-14+. The Morgan fingerprint density at radius 3 is 2.08 bits per heavy atom. The summed E-state index contributed by atoms with van der Waals surface area (Å²) in [5.41, 5.74) is 2.51. The first-order valence-electron chi connectivity index (χ1n) is 10.2. The number of carbonyl (C=O) groups excluding carboxylic acids is 2. The van der Waals surface area contributed by atoms with Gasteiger partial charge in [0.1, 0.15) is 11.5 Å². The van der Waals surface area contributed by atoms with Crippen molar-refractivity contribution in [1.29, 1.82) is 0 Å². The number of hydrazone groups is 1. The molecule has 2 amide bonds. The highest BCUT2D eigenvalue weighted by Gasteiger charge is 2.21. The second kappa shape index (κ2) is 11.2. The molecule has 3 aromatic carbocycles. The maximum Gasteiger partial charge on any atom is 0.329 e. The topological polar surface area (TPSA) is 175 Å². The van der Waals surface area contributed by atoms with Gasteiger partial charge in [-0.1, -0.05) is 0 Å². The molecule has 0 unspecified atom stereocenters. The predicted octanol–water partition coefficient (Wildman–Crippen LogP) is 3.78. The highest BCUT2D eigenvalue weighted by Crippen LogP contribution is 2.34. The van der Waals surface area contributed by atoms with Crippen LogP contribution in [-0.4, -0.2) is 34.5 Å². The van der Waals surface area contributed by atoms with E-state index < -0.39 is 33.0 Å². The molecule has 184 valence electrons. The first-order valence-corrected chi connectivity index (χ1v) is 10.2. The molecule has 13 heteroatoms. The first-order chi connectivity index (χ1) is 17.2. The lowest BCUT2D eigenvalue weighted by atomic mass is 10.1. The van der Waals surface area contributed by atoms with Crippen LogP contribution in [0.15, 0.2) is 71.8 Å². The quantitative estimate of drug-likeness (QED) is 0.206. The molecule has 36 heavy (non-hydrogen) atoms. The number of hydrogen-bond acceptors (Lipinski definition) is 9. The molecule has 13 nitrogen and oxygen atoms in total. The molecule has 0 saturated carbocycles. The minimum Gasteiger partial charge on any atom is -0.497 e. The molecular formula is C23H19N5O8. The summed E-state index contributed by atoms with van der Waals surface area (Å²) in [5, 5.41) is 28.4. The normalized spacial score (nSPS) is 10.8. The van der Waals surface area contributed by atoms with E-state index in [1.165, 1.54) is 19.2 Å². The Morgan fingerprint density at radius 2 is 1.50 bits per heavy atom. The van der Waals surface area contributed by atoms with E-state index >= 15 is 0 Å². The van der Waals surface area contributed by atoms with Crippen LogP contribution in [-0.2, 0) is 9.59 Å². The Morgan fingerprint density at radius 1 is 0.861 bits per heavy atom. The number of ether oxygens (including phenoxy) is 2. The van der Waals surface area contributed by atoms with Crippen molar-refractivity contribution in [1.82, 2.24) is 5.43 Å². The number of benzene rings is 3. The number of nitrogens with zero attached hydrogens (tertiary/aromatic N) is 3. The van der Waals surface area contributed by atoms with E-state index in [1.54, 1.807) is 43.3 Å². The Hall–Kier alpha value is -5.33. The molecular weight excluding hydrogens is 474 g/mol. The second-order valence-electron chi connectivity index (χ2n) is 7.11. The minimum atomic E-state index is -0.976. The van der Waals surface area contributed by atoms with Gasteiger partial charge in [-0.25, -0.2) is 5.43 Å². The fourth-order valence-electron chi connectivity index (χ4n) is 2.85. The van der Waals surface area contributed by atoms with E-state index in [-0.39, 0.29) is 11.5 Å². The zero-order chi connectivity index (χ0) is 26.2. The summed E-state index contributed by atoms with van der Waals surface area (Å²) >= 11 is 0. The smallest absolute Gasteiger partial charge is 0.329 e. The van der Waals surface area contributed by atoms with Gasteiger partial charge in [-0.05, 0) is 67.1 Å². The number of hydrogen-bond donors (Lipinski definition) is 2. The van der Waals surface area contributed by atoms with Crippen LogP contribution in [0.2, 0.25) is 0 Å². The number of methoxy groups -OCH3 is 1. The second-order valence-corrected chi connectivity index (χ2v) is 7.11. The average Bonchev–Trinajstić information content (AvgIpc) is 2.87. The van der Waals surface area contributed by atoms with Crippen molar-refractivity contribution in [3.8, 4) is 17.2 Å². The van der Waals surface area contributed by atoms with Crippen LogP contribution >= 0.6 is 0 Å². The van der Waals surface area contributed by atoms with E-state index in [1.807, 2.05) is 0 Å². The molecule has 0 spiro atoms. The number of nitrogens with one attached hydrogen (secondary N) is 2. The third-order valence-corrected chi connectivity index (χ3v) is 4.73. The van der Waals surface area contributed by atoms with Gasteiger partial charge >= 0.3 is 17.5 Å². The lowest BCUT2D eigenvalue weighted by molar-refractivity contribution is -0.394. The van der Waals surface area contributed by atoms with E-state index in [0.29, 0.717) is 22.7 Å². The van der Waals surface area contributed by atoms with Crippen LogP contribution < -0.4 is 20.2 Å². The van der Waals surface area contributed by atoms with E-state index in [9.17, 15) is 29.8 Å². The van der Waals surface area contributed by atoms with Crippen molar-refractivity contribution in [2.24, 2.45) is 5.10 Å². The Labute approximate surface area is 203 Å². The van der Waals surface area contributed by atoms with Crippen molar-refractivity contribution in [3.05, 3.63) is 92.5 Å². The van der Waals surface area contributed by atoms with Gasteiger partial charge in [-0.15, -0.1) is 0 Å². The lowest BCUT2D eigenvalue weighted by Crippen LogP contribution is -2.32. The third-order valence-electron chi connectivity index (χ3n) is 4.73. The molecule has 0 heterocycles. The summed E-state index contributed by atoms with van der Waals surface area (Å²) in [6, 6.07) is 15.6. The SMILES string of the molecule is COc1ccc(NC(=O)C(=O)N/N=C(\C)c2ccc(Oc3ccc([N+](=O)[O-])cc3[N+](=O)[O-])cc2)cc1. The van der Waals surface area contributed by atoms with Crippen LogP contribution in [0.1, 0.15) is 12.5 Å². The zero-order valence-electron chi connectivity index (χ0n) is 19.0. The van der Waals surface area contributed by atoms with E-state index in [4.69, 9.17) is 9.47 Å². The van der Waals surface area contributed by atoms with Crippen LogP contribution in [0.25, 0.3) is 0 Å². The number of amides is 2. The van der Waals surface area contributed by atoms with Crippen molar-refractivity contribution in [3.63, 3.8) is 0 Å². The van der Waals surface area contributed by atoms with E-state index in [2.05, 4.69) is 15.8 Å². The van der Waals surface area contributed by atoms with Crippen molar-refractivity contribution in [2.75, 3.05) is 12.4 Å². The summed E-state index contributed by atoms with van der Waals surface area (Å²) in [6.45, 7) is 1.60. The number of rotatable bonds is 8. The monoisotopic (exact) mass is 493 g/mol. The molecule has 0 radical (unpaired) electrons. The molecule has 0 fully saturated rings.